The summed E-state index contributed by atoms with van der Waals surface area (Å²) < 4.78 is 0. The highest BCUT2D eigenvalue weighted by molar-refractivity contribution is 5.04. The minimum absolute atomic E-state index is 1.08. The molecule has 66 valence electrons. The molecule has 0 aliphatic rings. The van der Waals surface area contributed by atoms with Crippen molar-refractivity contribution in [2.24, 2.45) is 0 Å². The molecule has 0 bridgehead atoms. The van der Waals surface area contributed by atoms with Crippen molar-refractivity contribution in [2.45, 2.75) is 41.5 Å². The quantitative estimate of drug-likeness (QED) is 0.614. The van der Waals surface area contributed by atoms with Crippen LogP contribution in [0.25, 0.3) is 0 Å². The highest BCUT2D eigenvalue weighted by atomic mass is 14.9. The highest BCUT2D eigenvalue weighted by Crippen LogP contribution is 1.94. The van der Waals surface area contributed by atoms with E-state index in [1.165, 1.54) is 0 Å². The summed E-state index contributed by atoms with van der Waals surface area (Å²) in [5, 5.41) is 0. The van der Waals surface area contributed by atoms with Crippen molar-refractivity contribution in [3.63, 3.8) is 0 Å². The summed E-state index contributed by atoms with van der Waals surface area (Å²) in [7, 11) is 0. The molecule has 0 saturated carbocycles. The van der Waals surface area contributed by atoms with Crippen LogP contribution in [0.2, 0.25) is 0 Å². The van der Waals surface area contributed by atoms with Gasteiger partial charge in [0.15, 0.2) is 0 Å². The Morgan fingerprint density at radius 3 is 1.64 bits per heavy atom. The number of nitrogens with one attached hydrogen (secondary N) is 1. The Balaban J connectivity index is 0. The molecule has 1 aromatic heterocycles. The van der Waals surface area contributed by atoms with E-state index in [1.54, 1.807) is 6.33 Å². The number of rotatable bonds is 0. The number of aromatic nitrogens is 2. The fourth-order valence-electron chi connectivity index (χ4n) is 0.427. The van der Waals surface area contributed by atoms with Crippen molar-refractivity contribution in [1.82, 2.24) is 9.97 Å². The van der Waals surface area contributed by atoms with Crippen LogP contribution in [0.1, 0.15) is 39.1 Å². The van der Waals surface area contributed by atoms with Gasteiger partial charge in [0.1, 0.15) is 0 Å². The molecule has 0 aliphatic heterocycles. The second-order valence-corrected chi connectivity index (χ2v) is 1.61. The zero-order valence-corrected chi connectivity index (χ0v) is 8.52. The summed E-state index contributed by atoms with van der Waals surface area (Å²) in [4.78, 5) is 6.92. The lowest BCUT2D eigenvalue weighted by molar-refractivity contribution is 1.22. The summed E-state index contributed by atoms with van der Waals surface area (Å²) in [5.41, 5.74) is 2.24. The van der Waals surface area contributed by atoms with Gasteiger partial charge in [0.2, 0.25) is 0 Å². The van der Waals surface area contributed by atoms with Gasteiger partial charge in [0, 0.05) is 5.69 Å². The Morgan fingerprint density at radius 1 is 1.09 bits per heavy atom. The summed E-state index contributed by atoms with van der Waals surface area (Å²) >= 11 is 0. The average molecular weight is 156 g/mol. The molecule has 0 aliphatic carbocycles. The van der Waals surface area contributed by atoms with Gasteiger partial charge in [-0.1, -0.05) is 27.7 Å². The van der Waals surface area contributed by atoms with Gasteiger partial charge in [-0.15, -0.1) is 0 Å². The van der Waals surface area contributed by atoms with Crippen LogP contribution in [0.5, 0.6) is 0 Å². The Labute approximate surface area is 70.1 Å². The molecule has 2 heteroatoms. The van der Waals surface area contributed by atoms with Crippen LogP contribution in [0, 0.1) is 13.8 Å². The maximum Gasteiger partial charge on any atom is 0.0925 e. The molecule has 11 heavy (non-hydrogen) atoms. The van der Waals surface area contributed by atoms with E-state index in [4.69, 9.17) is 0 Å². The van der Waals surface area contributed by atoms with E-state index in [2.05, 4.69) is 9.97 Å². The minimum Gasteiger partial charge on any atom is -0.348 e. The SMILES string of the molecule is CC.CC.Cc1nc[nH]c1C. The van der Waals surface area contributed by atoms with Crippen LogP contribution in [-0.2, 0) is 0 Å². The third kappa shape index (κ3) is 5.64. The smallest absolute Gasteiger partial charge is 0.0925 e. The molecule has 1 N–H and O–H groups in total. The number of aryl methyl sites for hydroxylation is 2. The lowest BCUT2D eigenvalue weighted by Crippen LogP contribution is -1.71. The third-order valence-corrected chi connectivity index (χ3v) is 1.08. The number of hydrogen-bond donors (Lipinski definition) is 1. The van der Waals surface area contributed by atoms with Crippen LogP contribution in [0.15, 0.2) is 6.33 Å². The second-order valence-electron chi connectivity index (χ2n) is 1.61. The summed E-state index contributed by atoms with van der Waals surface area (Å²) in [5.74, 6) is 0. The van der Waals surface area contributed by atoms with E-state index in [9.17, 15) is 0 Å². The van der Waals surface area contributed by atoms with Gasteiger partial charge < -0.3 is 4.98 Å². The van der Waals surface area contributed by atoms with Gasteiger partial charge in [-0.3, -0.25) is 0 Å². The van der Waals surface area contributed by atoms with Crippen molar-refractivity contribution in [3.8, 4) is 0 Å². The first-order chi connectivity index (χ1) is 5.30. The lowest BCUT2D eigenvalue weighted by Gasteiger charge is -1.79. The third-order valence-electron chi connectivity index (χ3n) is 1.08. The lowest BCUT2D eigenvalue weighted by atomic mass is 10.4. The fraction of sp³-hybridized carbons (Fsp3) is 0.667. The number of H-pyrrole nitrogens is 1. The predicted octanol–water partition coefficient (Wildman–Crippen LogP) is 3.08. The van der Waals surface area contributed by atoms with Crippen molar-refractivity contribution >= 4 is 0 Å². The molecule has 1 rings (SSSR count). The predicted molar refractivity (Wildman–Crippen MR) is 50.8 cm³/mol. The zero-order valence-electron chi connectivity index (χ0n) is 8.52. The first-order valence-corrected chi connectivity index (χ1v) is 4.27. The Kier molecular flexibility index (Phi) is 10.8. The maximum atomic E-state index is 3.96. The molecule has 0 aromatic carbocycles. The van der Waals surface area contributed by atoms with E-state index in [0.29, 0.717) is 0 Å². The van der Waals surface area contributed by atoms with Crippen LogP contribution < -0.4 is 0 Å². The molecule has 0 unspecified atom stereocenters. The molecule has 2 nitrogen and oxygen atoms in total. The standard InChI is InChI=1S/C5H8N2.2C2H6/c1-4-5(2)7-3-6-4;2*1-2/h3H,1-2H3,(H,6,7);2*1-2H3. The van der Waals surface area contributed by atoms with E-state index in [1.807, 2.05) is 41.5 Å². The molecular formula is C9H20N2. The summed E-state index contributed by atoms with van der Waals surface area (Å²) in [6.45, 7) is 12.0. The normalized spacial score (nSPS) is 7.09. The second kappa shape index (κ2) is 9.21. The van der Waals surface area contributed by atoms with Crippen LogP contribution in [0.4, 0.5) is 0 Å². The number of aromatic amines is 1. The van der Waals surface area contributed by atoms with Crippen LogP contribution in [-0.4, -0.2) is 9.97 Å². The largest absolute Gasteiger partial charge is 0.348 e. The van der Waals surface area contributed by atoms with Gasteiger partial charge in [-0.2, -0.15) is 0 Å². The number of imidazole rings is 1. The summed E-state index contributed by atoms with van der Waals surface area (Å²) in [6.07, 6.45) is 1.70. The van der Waals surface area contributed by atoms with Crippen molar-refractivity contribution in [3.05, 3.63) is 17.7 Å². The van der Waals surface area contributed by atoms with E-state index in [-0.39, 0.29) is 0 Å². The Hall–Kier alpha value is -0.790. The molecule has 0 fully saturated rings. The van der Waals surface area contributed by atoms with Gasteiger partial charge in [-0.25, -0.2) is 4.98 Å². The molecule has 0 saturated heterocycles. The van der Waals surface area contributed by atoms with Gasteiger partial charge in [0.25, 0.3) is 0 Å². The molecule has 0 amide bonds. The topological polar surface area (TPSA) is 28.7 Å². The van der Waals surface area contributed by atoms with Gasteiger partial charge >= 0.3 is 0 Å². The van der Waals surface area contributed by atoms with E-state index < -0.39 is 0 Å². The molecule has 0 spiro atoms. The molecular weight excluding hydrogens is 136 g/mol. The average Bonchev–Trinajstić information content (AvgIpc) is 2.44. The van der Waals surface area contributed by atoms with Gasteiger partial charge in [0.05, 0.1) is 12.0 Å². The Bertz CT molecular complexity index is 140. The number of nitrogens with zero attached hydrogens (tertiary/aromatic N) is 1. The fourth-order valence-corrected chi connectivity index (χ4v) is 0.427. The van der Waals surface area contributed by atoms with Crippen molar-refractivity contribution < 1.29 is 0 Å². The number of hydrogen-bond acceptors (Lipinski definition) is 1. The van der Waals surface area contributed by atoms with Gasteiger partial charge in [-0.05, 0) is 13.8 Å². The van der Waals surface area contributed by atoms with E-state index >= 15 is 0 Å². The summed E-state index contributed by atoms with van der Waals surface area (Å²) in [6, 6.07) is 0. The van der Waals surface area contributed by atoms with Crippen molar-refractivity contribution in [2.75, 3.05) is 0 Å². The first kappa shape index (κ1) is 12.8. The molecule has 0 atom stereocenters. The van der Waals surface area contributed by atoms with Crippen molar-refractivity contribution in [1.29, 1.82) is 0 Å². The molecule has 0 radical (unpaired) electrons. The molecule has 1 aromatic rings. The zero-order chi connectivity index (χ0) is 9.28. The minimum atomic E-state index is 1.08. The van der Waals surface area contributed by atoms with Crippen LogP contribution >= 0.6 is 0 Å². The first-order valence-electron chi connectivity index (χ1n) is 4.27. The molecule has 1 heterocycles. The monoisotopic (exact) mass is 156 g/mol. The maximum absolute atomic E-state index is 3.96. The highest BCUT2D eigenvalue weighted by Gasteiger charge is 1.87. The van der Waals surface area contributed by atoms with Crippen LogP contribution in [0.3, 0.4) is 0 Å². The Morgan fingerprint density at radius 2 is 1.55 bits per heavy atom. The van der Waals surface area contributed by atoms with E-state index in [0.717, 1.165) is 11.4 Å².